The van der Waals surface area contributed by atoms with Gasteiger partial charge in [0.05, 0.1) is 6.10 Å². The first kappa shape index (κ1) is 13.1. The summed E-state index contributed by atoms with van der Waals surface area (Å²) in [6.45, 7) is 3.06. The van der Waals surface area contributed by atoms with Crippen molar-refractivity contribution in [1.82, 2.24) is 9.55 Å². The lowest BCUT2D eigenvalue weighted by Crippen LogP contribution is -2.08. The second kappa shape index (κ2) is 6.03. The van der Waals surface area contributed by atoms with E-state index in [0.29, 0.717) is 11.4 Å². The zero-order valence-electron chi connectivity index (χ0n) is 10.4. The lowest BCUT2D eigenvalue weighted by atomic mass is 10.1. The Balaban J connectivity index is 2.08. The van der Waals surface area contributed by atoms with Gasteiger partial charge in [0.2, 0.25) is 0 Å². The maximum absolute atomic E-state index is 10.2. The number of rotatable bonds is 5. The third-order valence-corrected chi connectivity index (χ3v) is 3.15. The number of hydrogen-bond acceptors (Lipinski definition) is 2. The van der Waals surface area contributed by atoms with E-state index in [0.717, 1.165) is 24.4 Å². The molecule has 0 amide bonds. The maximum Gasteiger partial charge on any atom is 0.111 e. The molecule has 3 nitrogen and oxygen atoms in total. The van der Waals surface area contributed by atoms with Crippen LogP contribution < -0.4 is 0 Å². The first-order valence-electron chi connectivity index (χ1n) is 6.14. The number of aryl methyl sites for hydroxylation is 1. The average Bonchev–Trinajstić information content (AvgIpc) is 2.78. The second-order valence-electron chi connectivity index (χ2n) is 4.31. The Morgan fingerprint density at radius 3 is 2.72 bits per heavy atom. The molecule has 0 aliphatic heterocycles. The Labute approximate surface area is 112 Å². The lowest BCUT2D eigenvalue weighted by molar-refractivity contribution is 0.174. The van der Waals surface area contributed by atoms with Crippen LogP contribution in [0.5, 0.6) is 0 Å². The molecule has 1 heterocycles. The monoisotopic (exact) mass is 264 g/mol. The summed E-state index contributed by atoms with van der Waals surface area (Å²) in [5.41, 5.74) is 0.866. The summed E-state index contributed by atoms with van der Waals surface area (Å²) in [5.74, 6) is 0.916. The van der Waals surface area contributed by atoms with Crippen molar-refractivity contribution >= 4 is 11.6 Å². The second-order valence-corrected chi connectivity index (χ2v) is 4.74. The van der Waals surface area contributed by atoms with Crippen LogP contribution in [0.1, 0.15) is 30.8 Å². The molecule has 0 fully saturated rings. The van der Waals surface area contributed by atoms with E-state index in [1.54, 1.807) is 18.3 Å². The van der Waals surface area contributed by atoms with Crippen molar-refractivity contribution in [2.24, 2.45) is 0 Å². The summed E-state index contributed by atoms with van der Waals surface area (Å²) in [7, 11) is 0. The summed E-state index contributed by atoms with van der Waals surface area (Å²) in [6, 6.07) is 7.28. The number of halogens is 1. The van der Waals surface area contributed by atoms with Crippen molar-refractivity contribution in [1.29, 1.82) is 0 Å². The number of aromatic nitrogens is 2. The highest BCUT2D eigenvalue weighted by Crippen LogP contribution is 2.19. The van der Waals surface area contributed by atoms with E-state index in [9.17, 15) is 5.11 Å². The zero-order chi connectivity index (χ0) is 13.0. The summed E-state index contributed by atoms with van der Waals surface area (Å²) >= 11 is 5.83. The van der Waals surface area contributed by atoms with Crippen LogP contribution in [0.3, 0.4) is 0 Å². The molecule has 0 saturated carbocycles. The Morgan fingerprint density at radius 2 is 2.06 bits per heavy atom. The van der Waals surface area contributed by atoms with Gasteiger partial charge < -0.3 is 9.67 Å². The molecule has 0 radical (unpaired) electrons. The zero-order valence-corrected chi connectivity index (χ0v) is 11.1. The summed E-state index contributed by atoms with van der Waals surface area (Å²) in [6.07, 6.45) is 4.77. The van der Waals surface area contributed by atoms with Crippen molar-refractivity contribution in [2.75, 3.05) is 0 Å². The van der Waals surface area contributed by atoms with Crippen LogP contribution in [0.15, 0.2) is 36.7 Å². The molecule has 2 aromatic rings. The predicted octanol–water partition coefficient (Wildman–Crippen LogP) is 3.22. The van der Waals surface area contributed by atoms with Crippen LogP contribution in [-0.4, -0.2) is 14.7 Å². The summed E-state index contributed by atoms with van der Waals surface area (Å²) in [4.78, 5) is 4.29. The molecule has 0 aliphatic rings. The van der Waals surface area contributed by atoms with E-state index >= 15 is 0 Å². The van der Waals surface area contributed by atoms with E-state index in [1.165, 1.54) is 0 Å². The first-order valence-corrected chi connectivity index (χ1v) is 6.52. The van der Waals surface area contributed by atoms with Gasteiger partial charge in [0, 0.05) is 30.4 Å². The Hall–Kier alpha value is -1.32. The third-order valence-electron chi connectivity index (χ3n) is 2.90. The van der Waals surface area contributed by atoms with Gasteiger partial charge in [-0.2, -0.15) is 0 Å². The Morgan fingerprint density at radius 1 is 1.33 bits per heavy atom. The molecule has 96 valence electrons. The molecule has 1 aromatic carbocycles. The van der Waals surface area contributed by atoms with Gasteiger partial charge in [0.25, 0.3) is 0 Å². The van der Waals surface area contributed by atoms with Crippen molar-refractivity contribution in [3.63, 3.8) is 0 Å². The highest BCUT2D eigenvalue weighted by Gasteiger charge is 2.12. The van der Waals surface area contributed by atoms with Gasteiger partial charge in [-0.05, 0) is 24.1 Å². The van der Waals surface area contributed by atoms with E-state index in [-0.39, 0.29) is 0 Å². The lowest BCUT2D eigenvalue weighted by Gasteiger charge is -2.12. The van der Waals surface area contributed by atoms with Gasteiger partial charge in [-0.15, -0.1) is 0 Å². The van der Waals surface area contributed by atoms with Crippen molar-refractivity contribution < 1.29 is 5.11 Å². The Bertz CT molecular complexity index is 493. The molecule has 1 N–H and O–H groups in total. The van der Waals surface area contributed by atoms with E-state index in [4.69, 9.17) is 11.6 Å². The smallest absolute Gasteiger partial charge is 0.111 e. The number of benzene rings is 1. The van der Waals surface area contributed by atoms with Crippen molar-refractivity contribution in [2.45, 2.75) is 32.4 Å². The summed E-state index contributed by atoms with van der Waals surface area (Å²) in [5, 5.41) is 10.9. The fraction of sp³-hybridized carbons (Fsp3) is 0.357. The molecule has 0 bridgehead atoms. The highest BCUT2D eigenvalue weighted by molar-refractivity contribution is 6.30. The molecule has 1 unspecified atom stereocenters. The molecular formula is C14H17ClN2O. The molecule has 2 rings (SSSR count). The number of nitrogens with zero attached hydrogens (tertiary/aromatic N) is 2. The number of hydrogen-bond donors (Lipinski definition) is 1. The average molecular weight is 265 g/mol. The third kappa shape index (κ3) is 3.12. The molecule has 18 heavy (non-hydrogen) atoms. The van der Waals surface area contributed by atoms with Crippen LogP contribution in [0.4, 0.5) is 0 Å². The highest BCUT2D eigenvalue weighted by atomic mass is 35.5. The molecule has 4 heteroatoms. The standard InChI is InChI=1S/C14H17ClN2O/c1-2-8-17-9-7-16-14(17)10-13(18)11-3-5-12(15)6-4-11/h3-7,9,13,18H,2,8,10H2,1H3. The van der Waals surface area contributed by atoms with Gasteiger partial charge in [-0.25, -0.2) is 4.98 Å². The SMILES string of the molecule is CCCn1ccnc1CC(O)c1ccc(Cl)cc1. The van der Waals surface area contributed by atoms with E-state index in [1.807, 2.05) is 18.3 Å². The molecule has 0 spiro atoms. The molecule has 0 aliphatic carbocycles. The van der Waals surface area contributed by atoms with Gasteiger partial charge >= 0.3 is 0 Å². The minimum absolute atomic E-state index is 0.522. The van der Waals surface area contributed by atoms with E-state index in [2.05, 4.69) is 16.5 Å². The van der Waals surface area contributed by atoms with Gasteiger partial charge in [0.1, 0.15) is 5.82 Å². The van der Waals surface area contributed by atoms with E-state index < -0.39 is 6.10 Å². The van der Waals surface area contributed by atoms with Crippen molar-refractivity contribution in [3.8, 4) is 0 Å². The number of aliphatic hydroxyl groups is 1. The van der Waals surface area contributed by atoms with Crippen LogP contribution in [0, 0.1) is 0 Å². The maximum atomic E-state index is 10.2. The van der Waals surface area contributed by atoms with Gasteiger partial charge in [-0.1, -0.05) is 30.7 Å². The fourth-order valence-corrected chi connectivity index (χ4v) is 2.08. The fourth-order valence-electron chi connectivity index (χ4n) is 1.95. The van der Waals surface area contributed by atoms with Gasteiger partial charge in [-0.3, -0.25) is 0 Å². The number of imidazole rings is 1. The molecule has 1 atom stereocenters. The molecular weight excluding hydrogens is 248 g/mol. The topological polar surface area (TPSA) is 38.0 Å². The molecule has 1 aromatic heterocycles. The Kier molecular flexibility index (Phi) is 4.39. The van der Waals surface area contributed by atoms with Crippen LogP contribution in [0.25, 0.3) is 0 Å². The molecule has 0 saturated heterocycles. The summed E-state index contributed by atoms with van der Waals surface area (Å²) < 4.78 is 2.08. The van der Waals surface area contributed by atoms with Crippen LogP contribution in [-0.2, 0) is 13.0 Å². The van der Waals surface area contributed by atoms with Crippen LogP contribution in [0.2, 0.25) is 5.02 Å². The largest absolute Gasteiger partial charge is 0.388 e. The van der Waals surface area contributed by atoms with Crippen LogP contribution >= 0.6 is 11.6 Å². The minimum Gasteiger partial charge on any atom is -0.388 e. The van der Waals surface area contributed by atoms with Crippen molar-refractivity contribution in [3.05, 3.63) is 53.1 Å². The quantitative estimate of drug-likeness (QED) is 0.900. The number of aliphatic hydroxyl groups excluding tert-OH is 1. The first-order chi connectivity index (χ1) is 8.70. The predicted molar refractivity (Wildman–Crippen MR) is 72.6 cm³/mol. The minimum atomic E-state index is -0.541. The normalized spacial score (nSPS) is 12.6. The van der Waals surface area contributed by atoms with Gasteiger partial charge in [0.15, 0.2) is 0 Å².